The first-order chi connectivity index (χ1) is 12.9. The van der Waals surface area contributed by atoms with Crippen LogP contribution in [0.1, 0.15) is 52.7 Å². The average Bonchev–Trinajstić information content (AvgIpc) is 2.58. The monoisotopic (exact) mass is 542 g/mol. The molecule has 2 aromatic rings. The van der Waals surface area contributed by atoms with Crippen LogP contribution in [0.5, 0.6) is 0 Å². The van der Waals surface area contributed by atoms with E-state index in [1.165, 1.54) is 48.5 Å². The van der Waals surface area contributed by atoms with Gasteiger partial charge < -0.3 is 0 Å². The summed E-state index contributed by atoms with van der Waals surface area (Å²) in [7, 11) is -6.21. The number of alkyl halides is 3. The Labute approximate surface area is 175 Å². The van der Waals surface area contributed by atoms with Gasteiger partial charge in [-0.05, 0) is 0 Å². The minimum absolute atomic E-state index is 0.300. The summed E-state index contributed by atoms with van der Waals surface area (Å²) in [4.78, 5) is 0. The summed E-state index contributed by atoms with van der Waals surface area (Å²) in [5, 5.41) is 0. The molecule has 0 radical (unpaired) electrons. The van der Waals surface area contributed by atoms with E-state index >= 15 is 2.86 Å². The third kappa shape index (κ3) is 4.49. The molecule has 0 fully saturated rings. The summed E-state index contributed by atoms with van der Waals surface area (Å²) in [6.07, 6.45) is 0. The van der Waals surface area contributed by atoms with Crippen molar-refractivity contribution in [1.82, 2.24) is 0 Å². The van der Waals surface area contributed by atoms with Gasteiger partial charge in [0.2, 0.25) is 0 Å². The van der Waals surface area contributed by atoms with Crippen molar-refractivity contribution in [1.29, 1.82) is 0 Å². The van der Waals surface area contributed by atoms with Crippen LogP contribution >= 0.6 is 0 Å². The molecule has 2 aromatic carbocycles. The normalized spacial score (nSPS) is 14.7. The Balaban J connectivity index is 2.74. The average molecular weight is 542 g/mol. The van der Waals surface area contributed by atoms with Gasteiger partial charge in [-0.2, -0.15) is 0 Å². The fourth-order valence-electron chi connectivity index (χ4n) is 2.76. The molecule has 3 nitrogen and oxygen atoms in total. The molecule has 0 aliphatic heterocycles. The van der Waals surface area contributed by atoms with Crippen molar-refractivity contribution >= 4 is 10.1 Å². The molecule has 0 saturated carbocycles. The van der Waals surface area contributed by atoms with Gasteiger partial charge in [0, 0.05) is 0 Å². The first kappa shape index (κ1) is 24.1. The summed E-state index contributed by atoms with van der Waals surface area (Å²) in [5.41, 5.74) is 0.957. The predicted octanol–water partition coefficient (Wildman–Crippen LogP) is 2.46. The van der Waals surface area contributed by atoms with Gasteiger partial charge in [-0.3, -0.25) is 0 Å². The number of hydrogen-bond donors (Lipinski definition) is 0. The van der Waals surface area contributed by atoms with Gasteiger partial charge in [0.25, 0.3) is 0 Å². The van der Waals surface area contributed by atoms with E-state index in [4.69, 9.17) is 0 Å². The van der Waals surface area contributed by atoms with Gasteiger partial charge in [0.1, 0.15) is 0 Å². The van der Waals surface area contributed by atoms with Crippen LogP contribution in [0, 0.1) is 7.14 Å². The number of hydrogen-bond acceptors (Lipinski definition) is 3. The van der Waals surface area contributed by atoms with Gasteiger partial charge in [-0.1, -0.05) is 0 Å². The molecule has 0 aromatic heterocycles. The molecule has 0 aliphatic rings. The Hall–Kier alpha value is -1.13. The molecule has 0 bridgehead atoms. The minimum atomic E-state index is -6.33. The molecule has 8 heteroatoms. The fourth-order valence-corrected chi connectivity index (χ4v) is 11.3. The van der Waals surface area contributed by atoms with Crippen molar-refractivity contribution in [2.75, 3.05) is 0 Å². The molecule has 0 atom stereocenters. The molecule has 29 heavy (non-hydrogen) atoms. The molecule has 2 rings (SSSR count). The van der Waals surface area contributed by atoms with Crippen molar-refractivity contribution in [2.24, 2.45) is 0 Å². The fraction of sp³-hybridized carbons (Fsp3) is 0.429. The third-order valence-corrected chi connectivity index (χ3v) is 14.8. The zero-order valence-corrected chi connectivity index (χ0v) is 20.2. The Kier molecular flexibility index (Phi) is 6.27. The Morgan fingerprint density at radius 2 is 1.00 bits per heavy atom. The van der Waals surface area contributed by atoms with Gasteiger partial charge in [0.05, 0.1) is 0 Å². The van der Waals surface area contributed by atoms with Crippen LogP contribution in [0.15, 0.2) is 48.5 Å². The molecule has 0 amide bonds. The SMILES string of the molecule is CC(C)(C)c1ccc([I-](F)(c2ccc(C(C)(C)C)cc2)C(F)(F)S(=O)(=O)[O-])cc1. The van der Waals surface area contributed by atoms with E-state index in [0.717, 1.165) is 11.1 Å². The summed E-state index contributed by atoms with van der Waals surface area (Å²) in [6, 6.07) is 10.8. The van der Waals surface area contributed by atoms with Gasteiger partial charge in [-0.25, -0.2) is 0 Å². The summed E-state index contributed by atoms with van der Waals surface area (Å²) >= 11 is -6.33. The summed E-state index contributed by atoms with van der Waals surface area (Å²) < 4.78 is 74.2. The number of halogens is 4. The number of benzene rings is 2. The van der Waals surface area contributed by atoms with Crippen LogP contribution in [0.4, 0.5) is 11.6 Å². The first-order valence-corrected chi connectivity index (χ1v) is 14.4. The molecular formula is C21H26F3IO3S-2. The van der Waals surface area contributed by atoms with Crippen molar-refractivity contribution in [2.45, 2.75) is 55.6 Å². The van der Waals surface area contributed by atoms with E-state index in [1.54, 1.807) is 0 Å². The molecule has 0 N–H and O–H groups in total. The topological polar surface area (TPSA) is 57.2 Å². The van der Waals surface area contributed by atoms with Crippen LogP contribution in [0.3, 0.4) is 0 Å². The second-order valence-corrected chi connectivity index (χ2v) is 17.8. The van der Waals surface area contributed by atoms with Crippen LogP contribution in [0.2, 0.25) is 0 Å². The van der Waals surface area contributed by atoms with E-state index in [9.17, 15) is 21.8 Å². The third-order valence-electron chi connectivity index (χ3n) is 4.61. The van der Waals surface area contributed by atoms with Crippen molar-refractivity contribution in [3.63, 3.8) is 0 Å². The van der Waals surface area contributed by atoms with E-state index in [2.05, 4.69) is 0 Å². The Morgan fingerprint density at radius 3 is 1.21 bits per heavy atom. The van der Waals surface area contributed by atoms with E-state index < -0.39 is 39.5 Å². The standard InChI is InChI=1S/C21H27F3IO3S/c1-19(2,3)15-7-11-17(12-8-15)25(24,21(22,23)29(26,27)28)18-13-9-16(10-14-18)20(4,5)6/h7-14H,1-6H3,(H,26,27,28)/q-1/p-1. The molecule has 0 saturated heterocycles. The molecule has 0 spiro atoms. The second-order valence-electron chi connectivity index (χ2n) is 8.91. The molecule has 0 aliphatic carbocycles. The van der Waals surface area contributed by atoms with E-state index in [0.29, 0.717) is 0 Å². The van der Waals surface area contributed by atoms with Crippen LogP contribution in [-0.4, -0.2) is 16.2 Å². The summed E-state index contributed by atoms with van der Waals surface area (Å²) in [5.74, 6) is 0. The van der Waals surface area contributed by atoms with Crippen LogP contribution in [-0.2, 0) is 20.9 Å². The maximum atomic E-state index is 16.2. The predicted molar refractivity (Wildman–Crippen MR) is 103 cm³/mol. The first-order valence-electron chi connectivity index (χ1n) is 8.93. The Bertz CT molecular complexity index is 914. The van der Waals surface area contributed by atoms with Crippen molar-refractivity contribution in [3.8, 4) is 0 Å². The quantitative estimate of drug-likeness (QED) is 0.339. The second kappa shape index (κ2) is 7.53. The van der Waals surface area contributed by atoms with Gasteiger partial charge in [-0.15, -0.1) is 0 Å². The molecule has 164 valence electrons. The zero-order valence-electron chi connectivity index (χ0n) is 17.3. The van der Waals surface area contributed by atoms with Crippen molar-refractivity contribution in [3.05, 3.63) is 66.8 Å². The molecule has 0 heterocycles. The van der Waals surface area contributed by atoms with Gasteiger partial charge >= 0.3 is 176 Å². The number of rotatable bonds is 4. The van der Waals surface area contributed by atoms with E-state index in [1.807, 2.05) is 41.5 Å². The van der Waals surface area contributed by atoms with E-state index in [-0.39, 0.29) is 10.8 Å². The Morgan fingerprint density at radius 1 is 0.724 bits per heavy atom. The van der Waals surface area contributed by atoms with Crippen LogP contribution in [0.25, 0.3) is 0 Å². The maximum absolute atomic E-state index is 16.2. The van der Waals surface area contributed by atoms with Crippen LogP contribution < -0.4 is 19.0 Å². The van der Waals surface area contributed by atoms with Gasteiger partial charge in [0.15, 0.2) is 0 Å². The zero-order chi connectivity index (χ0) is 22.5. The molecule has 0 unspecified atom stereocenters. The molecular weight excluding hydrogens is 516 g/mol. The summed E-state index contributed by atoms with van der Waals surface area (Å²) in [6.45, 7) is 11.5. The van der Waals surface area contributed by atoms with Crippen molar-refractivity contribution < 1.29 is 43.6 Å².